The first-order valence-corrected chi connectivity index (χ1v) is 10.0. The fourth-order valence-electron chi connectivity index (χ4n) is 5.05. The van der Waals surface area contributed by atoms with Crippen molar-refractivity contribution < 1.29 is 27.4 Å². The minimum Gasteiger partial charge on any atom is -0.497 e. The zero-order valence-electron chi connectivity index (χ0n) is 18.0. The van der Waals surface area contributed by atoms with Gasteiger partial charge < -0.3 is 14.2 Å². The molecule has 0 saturated carbocycles. The first-order chi connectivity index (χ1) is 16.0. The summed E-state index contributed by atoms with van der Waals surface area (Å²) in [5.74, 6) is -3.21. The van der Waals surface area contributed by atoms with E-state index in [2.05, 4.69) is 0 Å². The number of halogens is 3. The van der Waals surface area contributed by atoms with Crippen LogP contribution in [0.15, 0.2) is 48.5 Å². The van der Waals surface area contributed by atoms with Crippen molar-refractivity contribution in [2.75, 3.05) is 7.11 Å². The number of nitrogens with zero attached hydrogens (tertiary/aromatic N) is 3. The molecule has 0 spiro atoms. The molecule has 0 amide bonds. The van der Waals surface area contributed by atoms with Crippen LogP contribution in [-0.4, -0.2) is 18.8 Å². The number of hydrogen-bond donors (Lipinski definition) is 1. The van der Waals surface area contributed by atoms with Crippen LogP contribution in [-0.2, 0) is 15.7 Å². The van der Waals surface area contributed by atoms with E-state index in [0.717, 1.165) is 12.1 Å². The maximum Gasteiger partial charge on any atom is 0.416 e. The predicted octanol–water partition coefficient (Wildman–Crippen LogP) is 4.84. The van der Waals surface area contributed by atoms with E-state index in [9.17, 15) is 29.0 Å². The minimum atomic E-state index is -4.82. The number of fused-ring (bicyclic) bond motifs is 2. The van der Waals surface area contributed by atoms with Crippen molar-refractivity contribution in [3.8, 4) is 24.0 Å². The maximum atomic E-state index is 13.9. The van der Waals surface area contributed by atoms with Crippen LogP contribution in [0.3, 0.4) is 0 Å². The molecule has 0 radical (unpaired) electrons. The van der Waals surface area contributed by atoms with Crippen LogP contribution in [0.5, 0.6) is 5.75 Å². The molecular formula is C24H17F3N4O3. The number of methoxy groups -OCH3 is 1. The molecule has 2 fully saturated rings. The van der Waals surface area contributed by atoms with E-state index < -0.39 is 51.8 Å². The highest BCUT2D eigenvalue weighted by Gasteiger charge is 2.80. The Kier molecular flexibility index (Phi) is 5.08. The number of ether oxygens (including phenoxy) is 3. The van der Waals surface area contributed by atoms with Crippen LogP contribution < -0.4 is 4.74 Å². The largest absolute Gasteiger partial charge is 0.497 e. The first-order valence-electron chi connectivity index (χ1n) is 10.0. The summed E-state index contributed by atoms with van der Waals surface area (Å²) in [5, 5.41) is 39.5. The smallest absolute Gasteiger partial charge is 0.416 e. The van der Waals surface area contributed by atoms with E-state index in [1.54, 1.807) is 36.4 Å². The van der Waals surface area contributed by atoms with Crippen molar-refractivity contribution in [3.63, 3.8) is 0 Å². The van der Waals surface area contributed by atoms with E-state index >= 15 is 0 Å². The van der Waals surface area contributed by atoms with Gasteiger partial charge in [-0.1, -0.05) is 30.3 Å². The monoisotopic (exact) mass is 466 g/mol. The molecule has 2 aromatic rings. The van der Waals surface area contributed by atoms with Gasteiger partial charge in [0.2, 0.25) is 17.1 Å². The van der Waals surface area contributed by atoms with Gasteiger partial charge in [-0.05, 0) is 29.3 Å². The maximum absolute atomic E-state index is 13.9. The van der Waals surface area contributed by atoms with Crippen molar-refractivity contribution in [2.24, 2.45) is 10.8 Å². The zero-order chi connectivity index (χ0) is 24.9. The molecule has 0 aliphatic carbocycles. The Bertz CT molecular complexity index is 1270. The number of benzene rings is 2. The van der Waals surface area contributed by atoms with E-state index in [1.807, 2.05) is 6.07 Å². The third-order valence-corrected chi connectivity index (χ3v) is 6.51. The lowest BCUT2D eigenvalue weighted by atomic mass is 9.52. The molecule has 2 saturated heterocycles. The minimum absolute atomic E-state index is 0.393. The molecule has 4 unspecified atom stereocenters. The third kappa shape index (κ3) is 2.81. The van der Waals surface area contributed by atoms with Gasteiger partial charge in [0.25, 0.3) is 0 Å². The van der Waals surface area contributed by atoms with E-state index in [0.29, 0.717) is 11.3 Å². The quantitative estimate of drug-likeness (QED) is 0.691. The second-order valence-electron chi connectivity index (χ2n) is 8.19. The van der Waals surface area contributed by atoms with Gasteiger partial charge in [-0.2, -0.15) is 29.0 Å². The topological polar surface area (TPSA) is 123 Å². The van der Waals surface area contributed by atoms with Crippen molar-refractivity contribution in [1.29, 1.82) is 21.2 Å². The summed E-state index contributed by atoms with van der Waals surface area (Å²) in [6, 6.07) is 16.2. The molecule has 2 bridgehead atoms. The number of rotatable bonds is 3. The second-order valence-corrected chi connectivity index (χ2v) is 8.19. The molecule has 2 aliphatic rings. The molecule has 172 valence electrons. The Balaban J connectivity index is 2.03. The van der Waals surface area contributed by atoms with E-state index in [1.165, 1.54) is 26.2 Å². The Hall–Kier alpha value is -4.07. The molecule has 2 aliphatic heterocycles. The summed E-state index contributed by atoms with van der Waals surface area (Å²) in [5.41, 5.74) is -6.01. The molecule has 0 aromatic heterocycles. The molecule has 2 heterocycles. The van der Waals surface area contributed by atoms with Crippen LogP contribution in [0.2, 0.25) is 0 Å². The molecule has 4 atom stereocenters. The summed E-state index contributed by atoms with van der Waals surface area (Å²) in [6.45, 7) is 1.39. The lowest BCUT2D eigenvalue weighted by Gasteiger charge is -2.49. The van der Waals surface area contributed by atoms with Gasteiger partial charge in [-0.25, -0.2) is 0 Å². The van der Waals surface area contributed by atoms with Gasteiger partial charge in [0, 0.05) is 6.92 Å². The number of nitrogens with one attached hydrogen (secondary N) is 1. The van der Waals surface area contributed by atoms with Crippen LogP contribution >= 0.6 is 0 Å². The van der Waals surface area contributed by atoms with Crippen LogP contribution in [0.25, 0.3) is 0 Å². The Morgan fingerprint density at radius 3 is 2.15 bits per heavy atom. The van der Waals surface area contributed by atoms with Gasteiger partial charge in [-0.15, -0.1) is 0 Å². The van der Waals surface area contributed by atoms with Crippen molar-refractivity contribution >= 4 is 5.90 Å². The normalized spacial score (nSPS) is 29.3. The SMILES string of the molecule is COc1ccc(C2C3(C)OC(=N)C2(C#N)C(C#N)(C#N)C(c2ccccc2C(F)(F)F)O3)cc1. The summed E-state index contributed by atoms with van der Waals surface area (Å²) < 4.78 is 58.4. The lowest BCUT2D eigenvalue weighted by molar-refractivity contribution is -0.255. The standard InChI is InChI=1S/C24H17F3N4O3/c1-21-18(14-7-9-15(32-2)10-8-14)23(13-30,20(31)34-21)22(11-28,12-29)19(33-21)16-5-3-4-6-17(16)24(25,26)27/h3-10,18-19,31H,1-2H3. The van der Waals surface area contributed by atoms with Crippen molar-refractivity contribution in [2.45, 2.75) is 30.9 Å². The summed E-state index contributed by atoms with van der Waals surface area (Å²) in [4.78, 5) is 0. The highest BCUT2D eigenvalue weighted by Crippen LogP contribution is 2.69. The Morgan fingerprint density at radius 2 is 1.62 bits per heavy atom. The van der Waals surface area contributed by atoms with Gasteiger partial charge in [-0.3, -0.25) is 5.41 Å². The molecule has 10 heteroatoms. The third-order valence-electron chi connectivity index (χ3n) is 6.51. The molecule has 1 N–H and O–H groups in total. The van der Waals surface area contributed by atoms with Crippen molar-refractivity contribution in [3.05, 3.63) is 65.2 Å². The van der Waals surface area contributed by atoms with E-state index in [4.69, 9.17) is 19.6 Å². The fourth-order valence-corrected chi connectivity index (χ4v) is 5.05. The van der Waals surface area contributed by atoms with Crippen LogP contribution in [0, 0.1) is 50.2 Å². The Labute approximate surface area is 193 Å². The van der Waals surface area contributed by atoms with Gasteiger partial charge >= 0.3 is 6.18 Å². The molecule has 4 rings (SSSR count). The zero-order valence-corrected chi connectivity index (χ0v) is 18.0. The highest BCUT2D eigenvalue weighted by molar-refractivity contribution is 5.90. The summed E-state index contributed by atoms with van der Waals surface area (Å²) >= 11 is 0. The number of alkyl halides is 3. The average Bonchev–Trinajstić information content (AvgIpc) is 3.01. The highest BCUT2D eigenvalue weighted by atomic mass is 19.4. The summed E-state index contributed by atoms with van der Waals surface area (Å²) in [7, 11) is 1.46. The first kappa shape index (κ1) is 23.1. The van der Waals surface area contributed by atoms with Gasteiger partial charge in [0.05, 0.1) is 36.8 Å². The summed E-state index contributed by atoms with van der Waals surface area (Å²) in [6.07, 6.45) is -6.65. The molecule has 34 heavy (non-hydrogen) atoms. The number of nitriles is 3. The van der Waals surface area contributed by atoms with Crippen molar-refractivity contribution in [1.82, 2.24) is 0 Å². The number of hydrogen-bond acceptors (Lipinski definition) is 7. The van der Waals surface area contributed by atoms with Gasteiger partial charge in [0.1, 0.15) is 11.9 Å². The fraction of sp³-hybridized carbons (Fsp3) is 0.333. The van der Waals surface area contributed by atoms with Crippen LogP contribution in [0.4, 0.5) is 13.2 Å². The predicted molar refractivity (Wildman–Crippen MR) is 110 cm³/mol. The Morgan fingerprint density at radius 1 is 1.00 bits per heavy atom. The average molecular weight is 466 g/mol. The molecular weight excluding hydrogens is 449 g/mol. The second kappa shape index (κ2) is 7.48. The molecule has 7 nitrogen and oxygen atoms in total. The lowest BCUT2D eigenvalue weighted by Crippen LogP contribution is -2.57. The van der Waals surface area contributed by atoms with Crippen LogP contribution in [0.1, 0.15) is 35.6 Å². The molecule has 2 aromatic carbocycles. The van der Waals surface area contributed by atoms with E-state index in [-0.39, 0.29) is 0 Å². The van der Waals surface area contributed by atoms with Gasteiger partial charge in [0.15, 0.2) is 5.41 Å².